The van der Waals surface area contributed by atoms with Crippen molar-refractivity contribution < 1.29 is 10.2 Å². The highest BCUT2D eigenvalue weighted by atomic mass is 16.3. The molecule has 0 spiro atoms. The molecule has 2 unspecified atom stereocenters. The highest BCUT2D eigenvalue weighted by Gasteiger charge is 2.35. The Bertz CT molecular complexity index is 154. The van der Waals surface area contributed by atoms with Gasteiger partial charge in [-0.15, -0.1) is 0 Å². The number of aliphatic hydroxyl groups is 2. The fourth-order valence-corrected chi connectivity index (χ4v) is 1.72. The van der Waals surface area contributed by atoms with Crippen molar-refractivity contribution in [3.8, 4) is 0 Å². The Kier molecular flexibility index (Phi) is 4.17. The van der Waals surface area contributed by atoms with E-state index in [1.807, 2.05) is 41.5 Å². The van der Waals surface area contributed by atoms with Crippen molar-refractivity contribution in [1.82, 2.24) is 0 Å². The van der Waals surface area contributed by atoms with Gasteiger partial charge >= 0.3 is 0 Å². The van der Waals surface area contributed by atoms with Crippen LogP contribution in [0.2, 0.25) is 0 Å². The third-order valence-corrected chi connectivity index (χ3v) is 3.81. The van der Waals surface area contributed by atoms with E-state index >= 15 is 0 Å². The summed E-state index contributed by atoms with van der Waals surface area (Å²) in [5, 5.41) is 19.8. The average molecular weight is 202 g/mol. The lowest BCUT2D eigenvalue weighted by atomic mass is 9.71. The Labute approximate surface area is 88.3 Å². The van der Waals surface area contributed by atoms with Crippen molar-refractivity contribution >= 4 is 0 Å². The summed E-state index contributed by atoms with van der Waals surface area (Å²) < 4.78 is 0. The van der Waals surface area contributed by atoms with E-state index in [4.69, 9.17) is 0 Å². The molecule has 2 atom stereocenters. The zero-order chi connectivity index (χ0) is 11.7. The first-order chi connectivity index (χ1) is 5.98. The molecule has 0 aromatic carbocycles. The predicted octanol–water partition coefficient (Wildman–Crippen LogP) is 2.44. The van der Waals surface area contributed by atoms with E-state index in [2.05, 4.69) is 6.92 Å². The Hall–Kier alpha value is -0.0800. The maximum atomic E-state index is 9.89. The van der Waals surface area contributed by atoms with E-state index in [0.717, 1.165) is 0 Å². The molecule has 0 amide bonds. The lowest BCUT2D eigenvalue weighted by molar-refractivity contribution is -0.0554. The summed E-state index contributed by atoms with van der Waals surface area (Å²) in [6.45, 7) is 13.5. The van der Waals surface area contributed by atoms with Gasteiger partial charge in [0.2, 0.25) is 0 Å². The number of hydrogen-bond donors (Lipinski definition) is 2. The lowest BCUT2D eigenvalue weighted by Gasteiger charge is -2.39. The van der Waals surface area contributed by atoms with E-state index < -0.39 is 11.2 Å². The largest absolute Gasteiger partial charge is 0.390 e. The van der Waals surface area contributed by atoms with Gasteiger partial charge in [-0.1, -0.05) is 20.8 Å². The van der Waals surface area contributed by atoms with Crippen LogP contribution in [0.25, 0.3) is 0 Å². The molecule has 0 aliphatic heterocycles. The molecule has 2 nitrogen and oxygen atoms in total. The molecule has 0 heterocycles. The molecule has 2 heteroatoms. The standard InChI is InChI=1S/C12H26O2/c1-8(9(2)11(4,5)13)10(3)12(6,7)14/h8-10,13-14H,1-7H3. The minimum atomic E-state index is -0.682. The average Bonchev–Trinajstić information content (AvgIpc) is 1.97. The van der Waals surface area contributed by atoms with Crippen molar-refractivity contribution in [2.75, 3.05) is 0 Å². The van der Waals surface area contributed by atoms with Crippen molar-refractivity contribution in [2.24, 2.45) is 17.8 Å². The minimum absolute atomic E-state index is 0.170. The first kappa shape index (κ1) is 13.9. The SMILES string of the molecule is CC(C(C)C(C)(C)O)C(C)C(C)(C)O. The van der Waals surface area contributed by atoms with Crippen LogP contribution in [0.5, 0.6) is 0 Å². The minimum Gasteiger partial charge on any atom is -0.390 e. The third-order valence-electron chi connectivity index (χ3n) is 3.81. The second-order valence-corrected chi connectivity index (χ2v) is 5.74. The second kappa shape index (κ2) is 4.19. The molecule has 0 bridgehead atoms. The van der Waals surface area contributed by atoms with E-state index in [0.29, 0.717) is 0 Å². The summed E-state index contributed by atoms with van der Waals surface area (Å²) in [7, 11) is 0. The maximum absolute atomic E-state index is 9.89. The van der Waals surface area contributed by atoms with Gasteiger partial charge in [-0.05, 0) is 45.4 Å². The molecule has 86 valence electrons. The molecule has 14 heavy (non-hydrogen) atoms. The van der Waals surface area contributed by atoms with Crippen LogP contribution in [0, 0.1) is 17.8 Å². The van der Waals surface area contributed by atoms with Crippen LogP contribution in [-0.2, 0) is 0 Å². The van der Waals surface area contributed by atoms with Crippen molar-refractivity contribution in [2.45, 2.75) is 59.7 Å². The zero-order valence-electron chi connectivity index (χ0n) is 10.6. The summed E-state index contributed by atoms with van der Waals surface area (Å²) >= 11 is 0. The van der Waals surface area contributed by atoms with Crippen LogP contribution in [0.3, 0.4) is 0 Å². The molecule has 0 aromatic rings. The summed E-state index contributed by atoms with van der Waals surface area (Å²) in [6, 6.07) is 0. The topological polar surface area (TPSA) is 40.5 Å². The lowest BCUT2D eigenvalue weighted by Crippen LogP contribution is -2.42. The predicted molar refractivity (Wildman–Crippen MR) is 60.1 cm³/mol. The highest BCUT2D eigenvalue weighted by molar-refractivity contribution is 4.86. The van der Waals surface area contributed by atoms with Crippen LogP contribution in [-0.4, -0.2) is 21.4 Å². The van der Waals surface area contributed by atoms with E-state index in [1.54, 1.807) is 0 Å². The molecule has 2 N–H and O–H groups in total. The van der Waals surface area contributed by atoms with Gasteiger partial charge in [0.05, 0.1) is 11.2 Å². The molecule has 0 saturated heterocycles. The van der Waals surface area contributed by atoms with Crippen LogP contribution >= 0.6 is 0 Å². The Balaban J connectivity index is 4.56. The van der Waals surface area contributed by atoms with Gasteiger partial charge in [-0.25, -0.2) is 0 Å². The maximum Gasteiger partial charge on any atom is 0.0619 e. The molecule has 0 aliphatic rings. The normalized spacial score (nSPS) is 20.4. The van der Waals surface area contributed by atoms with Crippen molar-refractivity contribution in [3.05, 3.63) is 0 Å². The molecule has 0 fully saturated rings. The zero-order valence-corrected chi connectivity index (χ0v) is 10.6. The van der Waals surface area contributed by atoms with E-state index in [-0.39, 0.29) is 17.8 Å². The van der Waals surface area contributed by atoms with E-state index in [9.17, 15) is 10.2 Å². The van der Waals surface area contributed by atoms with Gasteiger partial charge in [0.15, 0.2) is 0 Å². The van der Waals surface area contributed by atoms with Crippen LogP contribution < -0.4 is 0 Å². The highest BCUT2D eigenvalue weighted by Crippen LogP contribution is 2.34. The van der Waals surface area contributed by atoms with Gasteiger partial charge < -0.3 is 10.2 Å². The van der Waals surface area contributed by atoms with E-state index in [1.165, 1.54) is 0 Å². The summed E-state index contributed by atoms with van der Waals surface area (Å²) in [5.74, 6) is 0.628. The smallest absolute Gasteiger partial charge is 0.0619 e. The molecular formula is C12H26O2. The molecular weight excluding hydrogens is 176 g/mol. The second-order valence-electron chi connectivity index (χ2n) is 5.74. The van der Waals surface area contributed by atoms with Crippen molar-refractivity contribution in [1.29, 1.82) is 0 Å². The molecule has 0 radical (unpaired) electrons. The fourth-order valence-electron chi connectivity index (χ4n) is 1.72. The first-order valence-electron chi connectivity index (χ1n) is 5.42. The van der Waals surface area contributed by atoms with Crippen LogP contribution in [0.4, 0.5) is 0 Å². The Morgan fingerprint density at radius 1 is 0.714 bits per heavy atom. The number of hydrogen-bond acceptors (Lipinski definition) is 2. The van der Waals surface area contributed by atoms with Crippen LogP contribution in [0.15, 0.2) is 0 Å². The van der Waals surface area contributed by atoms with Crippen LogP contribution in [0.1, 0.15) is 48.5 Å². The number of rotatable bonds is 4. The summed E-state index contributed by atoms with van der Waals surface area (Å²) in [6.07, 6.45) is 0. The molecule has 0 aliphatic carbocycles. The molecule has 0 rings (SSSR count). The fraction of sp³-hybridized carbons (Fsp3) is 1.00. The van der Waals surface area contributed by atoms with Gasteiger partial charge in [0.1, 0.15) is 0 Å². The summed E-state index contributed by atoms with van der Waals surface area (Å²) in [5.41, 5.74) is -1.36. The van der Waals surface area contributed by atoms with Gasteiger partial charge in [0, 0.05) is 0 Å². The Morgan fingerprint density at radius 3 is 1.07 bits per heavy atom. The summed E-state index contributed by atoms with van der Waals surface area (Å²) in [4.78, 5) is 0. The third kappa shape index (κ3) is 3.58. The Morgan fingerprint density at radius 2 is 0.929 bits per heavy atom. The molecule has 0 saturated carbocycles. The quantitative estimate of drug-likeness (QED) is 0.735. The van der Waals surface area contributed by atoms with Gasteiger partial charge in [-0.3, -0.25) is 0 Å². The molecule has 0 aromatic heterocycles. The first-order valence-corrected chi connectivity index (χ1v) is 5.42. The van der Waals surface area contributed by atoms with Gasteiger partial charge in [-0.2, -0.15) is 0 Å². The van der Waals surface area contributed by atoms with Gasteiger partial charge in [0.25, 0.3) is 0 Å². The van der Waals surface area contributed by atoms with Crippen molar-refractivity contribution in [3.63, 3.8) is 0 Å². The monoisotopic (exact) mass is 202 g/mol.